The van der Waals surface area contributed by atoms with E-state index >= 15 is 0 Å². The SMILES string of the molecule is CC(=O)N(C)CN(C)C(C)=O.CC(=O)N(C)CN(C)C(C)=O.CC(N)=O. The summed E-state index contributed by atoms with van der Waals surface area (Å²) >= 11 is 0. The lowest BCUT2D eigenvalue weighted by Crippen LogP contribution is -2.38. The van der Waals surface area contributed by atoms with Crippen LogP contribution in [0.5, 0.6) is 0 Å². The second kappa shape index (κ2) is 14.7. The first kappa shape index (κ1) is 28.2. The molecule has 0 saturated heterocycles. The van der Waals surface area contributed by atoms with Crippen molar-refractivity contribution in [1.29, 1.82) is 0 Å². The summed E-state index contributed by atoms with van der Waals surface area (Å²) in [6.07, 6.45) is 0. The molecule has 0 aliphatic rings. The molecular formula is C16H33N5O5. The van der Waals surface area contributed by atoms with Crippen LogP contribution in [0.25, 0.3) is 0 Å². The van der Waals surface area contributed by atoms with Crippen molar-refractivity contribution in [2.24, 2.45) is 5.73 Å². The molecule has 0 saturated carbocycles. The maximum Gasteiger partial charge on any atom is 0.220 e. The van der Waals surface area contributed by atoms with Gasteiger partial charge in [0, 0.05) is 62.8 Å². The lowest BCUT2D eigenvalue weighted by molar-refractivity contribution is -0.136. The molecule has 0 unspecified atom stereocenters. The maximum absolute atomic E-state index is 10.7. The van der Waals surface area contributed by atoms with Crippen LogP contribution in [0.15, 0.2) is 0 Å². The molecule has 0 aromatic heterocycles. The van der Waals surface area contributed by atoms with E-state index in [0.717, 1.165) is 0 Å². The van der Waals surface area contributed by atoms with Crippen molar-refractivity contribution >= 4 is 29.5 Å². The molecule has 0 aromatic carbocycles. The lowest BCUT2D eigenvalue weighted by atomic mass is 10.5. The smallest absolute Gasteiger partial charge is 0.220 e. The summed E-state index contributed by atoms with van der Waals surface area (Å²) in [7, 11) is 6.62. The highest BCUT2D eigenvalue weighted by molar-refractivity contribution is 5.76. The Morgan fingerprint density at radius 3 is 0.731 bits per heavy atom. The number of carbonyl (C=O) groups excluding carboxylic acids is 5. The predicted octanol–water partition coefficient (Wildman–Crippen LogP) is -0.707. The highest BCUT2D eigenvalue weighted by Crippen LogP contribution is 1.89. The van der Waals surface area contributed by atoms with Crippen LogP contribution >= 0.6 is 0 Å². The van der Waals surface area contributed by atoms with Gasteiger partial charge in [-0.25, -0.2) is 0 Å². The number of carbonyl (C=O) groups is 5. The van der Waals surface area contributed by atoms with E-state index in [0.29, 0.717) is 13.3 Å². The van der Waals surface area contributed by atoms with E-state index in [1.54, 1.807) is 28.2 Å². The number of primary amides is 1. The average molecular weight is 375 g/mol. The van der Waals surface area contributed by atoms with Crippen molar-refractivity contribution in [1.82, 2.24) is 19.6 Å². The van der Waals surface area contributed by atoms with Gasteiger partial charge in [0.05, 0.1) is 13.3 Å². The van der Waals surface area contributed by atoms with Gasteiger partial charge in [0.2, 0.25) is 29.5 Å². The van der Waals surface area contributed by atoms with E-state index in [1.165, 1.54) is 54.2 Å². The van der Waals surface area contributed by atoms with E-state index in [9.17, 15) is 24.0 Å². The quantitative estimate of drug-likeness (QED) is 0.650. The summed E-state index contributed by atoms with van der Waals surface area (Å²) in [6, 6.07) is 0. The molecule has 0 heterocycles. The predicted molar refractivity (Wildman–Crippen MR) is 98.4 cm³/mol. The number of amides is 5. The van der Waals surface area contributed by atoms with Crippen LogP contribution in [0.1, 0.15) is 34.6 Å². The third kappa shape index (κ3) is 19.4. The van der Waals surface area contributed by atoms with Crippen LogP contribution in [-0.4, -0.2) is 90.7 Å². The summed E-state index contributed by atoms with van der Waals surface area (Å²) in [5.41, 5.74) is 4.47. The van der Waals surface area contributed by atoms with Crippen molar-refractivity contribution in [3.8, 4) is 0 Å². The van der Waals surface area contributed by atoms with E-state index in [2.05, 4.69) is 5.73 Å². The third-order valence-corrected chi connectivity index (χ3v) is 3.00. The first-order chi connectivity index (χ1) is 11.6. The Bertz CT molecular complexity index is 417. The Morgan fingerprint density at radius 1 is 0.538 bits per heavy atom. The Morgan fingerprint density at radius 2 is 0.654 bits per heavy atom. The fourth-order valence-corrected chi connectivity index (χ4v) is 1.03. The average Bonchev–Trinajstić information content (AvgIpc) is 2.46. The Labute approximate surface area is 155 Å². The molecule has 152 valence electrons. The van der Waals surface area contributed by atoms with Crippen molar-refractivity contribution in [2.45, 2.75) is 34.6 Å². The van der Waals surface area contributed by atoms with Crippen molar-refractivity contribution in [3.05, 3.63) is 0 Å². The summed E-state index contributed by atoms with van der Waals surface area (Å²) < 4.78 is 0. The number of hydrogen-bond acceptors (Lipinski definition) is 5. The molecule has 0 spiro atoms. The van der Waals surface area contributed by atoms with Gasteiger partial charge >= 0.3 is 0 Å². The molecule has 0 radical (unpaired) electrons. The molecule has 0 aromatic rings. The summed E-state index contributed by atoms with van der Waals surface area (Å²) in [5, 5.41) is 0. The first-order valence-corrected chi connectivity index (χ1v) is 7.76. The zero-order valence-corrected chi connectivity index (χ0v) is 17.3. The summed E-state index contributed by atoms with van der Waals surface area (Å²) in [6.45, 7) is 7.87. The summed E-state index contributed by atoms with van der Waals surface area (Å²) in [5.74, 6) is -0.507. The molecule has 0 aliphatic heterocycles. The molecule has 10 nitrogen and oxygen atoms in total. The van der Waals surface area contributed by atoms with Gasteiger partial charge in [-0.1, -0.05) is 0 Å². The standard InChI is InChI=1S/2C7H14N2O2.C2H5NO/c2*1-6(10)8(3)5-9(4)7(2)11;1-2(3)4/h2*5H2,1-4H3;1H3,(H2,3,4). The van der Waals surface area contributed by atoms with E-state index < -0.39 is 0 Å². The molecule has 0 atom stereocenters. The normalized spacial score (nSPS) is 8.65. The van der Waals surface area contributed by atoms with Crippen LogP contribution in [0.4, 0.5) is 0 Å². The molecule has 5 amide bonds. The minimum atomic E-state index is -0.333. The van der Waals surface area contributed by atoms with Crippen LogP contribution < -0.4 is 5.73 Å². The van der Waals surface area contributed by atoms with Crippen LogP contribution in [-0.2, 0) is 24.0 Å². The van der Waals surface area contributed by atoms with Crippen LogP contribution in [0.2, 0.25) is 0 Å². The number of rotatable bonds is 4. The van der Waals surface area contributed by atoms with Gasteiger partial charge in [-0.3, -0.25) is 24.0 Å². The van der Waals surface area contributed by atoms with Gasteiger partial charge in [0.25, 0.3) is 0 Å². The van der Waals surface area contributed by atoms with E-state index in [1.807, 2.05) is 0 Å². The molecule has 26 heavy (non-hydrogen) atoms. The molecule has 2 N–H and O–H groups in total. The van der Waals surface area contributed by atoms with Gasteiger partial charge < -0.3 is 25.3 Å². The lowest BCUT2D eigenvalue weighted by Gasteiger charge is -2.22. The monoisotopic (exact) mass is 375 g/mol. The topological polar surface area (TPSA) is 124 Å². The van der Waals surface area contributed by atoms with Gasteiger partial charge in [-0.05, 0) is 0 Å². The number of nitrogens with zero attached hydrogens (tertiary/aromatic N) is 4. The zero-order valence-electron chi connectivity index (χ0n) is 17.3. The van der Waals surface area contributed by atoms with Crippen molar-refractivity contribution in [3.63, 3.8) is 0 Å². The van der Waals surface area contributed by atoms with E-state index in [4.69, 9.17) is 0 Å². The van der Waals surface area contributed by atoms with Gasteiger partial charge in [0.15, 0.2) is 0 Å². The molecule has 0 fully saturated rings. The van der Waals surface area contributed by atoms with Gasteiger partial charge in [-0.2, -0.15) is 0 Å². The minimum absolute atomic E-state index is 0.0434. The summed E-state index contributed by atoms with van der Waals surface area (Å²) in [4.78, 5) is 57.9. The Hall–Kier alpha value is -2.65. The molecule has 0 aliphatic carbocycles. The minimum Gasteiger partial charge on any atom is -0.370 e. The molecule has 0 bridgehead atoms. The number of nitrogens with two attached hydrogens (primary N) is 1. The zero-order chi connectivity index (χ0) is 21.6. The Balaban J connectivity index is -0.000000338. The fraction of sp³-hybridized carbons (Fsp3) is 0.688. The molecule has 10 heteroatoms. The van der Waals surface area contributed by atoms with Crippen LogP contribution in [0, 0.1) is 0 Å². The molecule has 0 rings (SSSR count). The molecular weight excluding hydrogens is 342 g/mol. The second-order valence-corrected chi connectivity index (χ2v) is 5.76. The number of hydrogen-bond donors (Lipinski definition) is 1. The fourth-order valence-electron chi connectivity index (χ4n) is 1.03. The van der Waals surface area contributed by atoms with Crippen molar-refractivity contribution < 1.29 is 24.0 Å². The second-order valence-electron chi connectivity index (χ2n) is 5.76. The highest BCUT2D eigenvalue weighted by atomic mass is 16.2. The van der Waals surface area contributed by atoms with E-state index in [-0.39, 0.29) is 29.5 Å². The van der Waals surface area contributed by atoms with Crippen molar-refractivity contribution in [2.75, 3.05) is 41.5 Å². The first-order valence-electron chi connectivity index (χ1n) is 7.76. The highest BCUT2D eigenvalue weighted by Gasteiger charge is 2.07. The maximum atomic E-state index is 10.7. The Kier molecular flexibility index (Phi) is 15.9. The van der Waals surface area contributed by atoms with Gasteiger partial charge in [-0.15, -0.1) is 0 Å². The van der Waals surface area contributed by atoms with Gasteiger partial charge in [0.1, 0.15) is 0 Å². The largest absolute Gasteiger partial charge is 0.370 e. The van der Waals surface area contributed by atoms with Crippen LogP contribution in [0.3, 0.4) is 0 Å². The third-order valence-electron chi connectivity index (χ3n) is 3.00.